The molecule has 4 rings (SSSR count). The smallest absolute Gasteiger partial charge is 0.352 e. The Labute approximate surface area is 177 Å². The summed E-state index contributed by atoms with van der Waals surface area (Å²) in [7, 11) is 2.30. The van der Waals surface area contributed by atoms with Crippen LogP contribution in [0.4, 0.5) is 0 Å². The van der Waals surface area contributed by atoms with Gasteiger partial charge >= 0.3 is 23.3 Å². The van der Waals surface area contributed by atoms with Crippen LogP contribution in [0.25, 0.3) is 5.69 Å². The Kier molecular flexibility index (Phi) is 4.88. The fourth-order valence-corrected chi connectivity index (χ4v) is 4.19. The second-order valence-corrected chi connectivity index (χ2v) is 7.41. The number of benzene rings is 2. The van der Waals surface area contributed by atoms with Crippen LogP contribution in [0.15, 0.2) is 64.2 Å². The van der Waals surface area contributed by atoms with E-state index < -0.39 is 41.3 Å². The third kappa shape index (κ3) is 2.84. The summed E-state index contributed by atoms with van der Waals surface area (Å²) in [5.41, 5.74) is -1.42. The fraction of sp³-hybridized carbons (Fsp3) is 0.273. The Balaban J connectivity index is 2.05. The van der Waals surface area contributed by atoms with Crippen LogP contribution in [0.1, 0.15) is 17.2 Å². The zero-order valence-electron chi connectivity index (χ0n) is 17.3. The molecule has 9 nitrogen and oxygen atoms in total. The van der Waals surface area contributed by atoms with E-state index in [0.29, 0.717) is 11.3 Å². The molecule has 1 aromatic heterocycles. The molecule has 160 valence electrons. The zero-order valence-corrected chi connectivity index (χ0v) is 17.3. The van der Waals surface area contributed by atoms with Gasteiger partial charge in [0, 0.05) is 0 Å². The summed E-state index contributed by atoms with van der Waals surface area (Å²) >= 11 is 0. The van der Waals surface area contributed by atoms with Crippen molar-refractivity contribution in [2.24, 2.45) is 5.41 Å². The number of carbonyl (C=O) groups is 2. The first-order valence-electron chi connectivity index (χ1n) is 9.60. The first kappa shape index (κ1) is 20.4. The van der Waals surface area contributed by atoms with Crippen LogP contribution in [-0.4, -0.2) is 40.1 Å². The van der Waals surface area contributed by atoms with Gasteiger partial charge in [0.1, 0.15) is 6.04 Å². The molecule has 0 saturated heterocycles. The van der Waals surface area contributed by atoms with Crippen LogP contribution in [-0.2, 0) is 25.6 Å². The number of nitrogens with zero attached hydrogens (tertiary/aromatic N) is 3. The Morgan fingerprint density at radius 3 is 2.03 bits per heavy atom. The number of carbonyl (C=O) groups excluding carboxylic acids is 2. The van der Waals surface area contributed by atoms with E-state index in [0.717, 1.165) is 33.7 Å². The normalized spacial score (nSPS) is 16.5. The van der Waals surface area contributed by atoms with Crippen molar-refractivity contribution in [2.75, 3.05) is 14.2 Å². The number of para-hydroxylation sites is 1. The molecule has 1 aliphatic rings. The number of aryl methyl sites for hydroxylation is 1. The van der Waals surface area contributed by atoms with Gasteiger partial charge in [0.2, 0.25) is 5.41 Å². The van der Waals surface area contributed by atoms with E-state index >= 15 is 0 Å². The van der Waals surface area contributed by atoms with Gasteiger partial charge < -0.3 is 9.47 Å². The lowest BCUT2D eigenvalue weighted by Gasteiger charge is -2.29. The monoisotopic (exact) mass is 423 g/mol. The fourth-order valence-electron chi connectivity index (χ4n) is 4.19. The maximum atomic E-state index is 13.4. The molecule has 3 aromatic rings. The Morgan fingerprint density at radius 2 is 1.48 bits per heavy atom. The van der Waals surface area contributed by atoms with Crippen molar-refractivity contribution in [3.8, 4) is 5.69 Å². The standard InChI is InChI=1S/C22H21N3O6/c1-14-9-11-15(12-10-14)17-22(18(26)30-2,19(27)31-3)13-23-20(28)24(21(29)25(17)23)16-7-5-4-6-8-16/h4-12,17H,13H2,1-3H3. The van der Waals surface area contributed by atoms with Crippen LogP contribution in [0.3, 0.4) is 0 Å². The molecule has 0 spiro atoms. The number of rotatable bonds is 4. The molecule has 2 aromatic carbocycles. The molecule has 2 heterocycles. The summed E-state index contributed by atoms with van der Waals surface area (Å²) in [6.07, 6.45) is 0. The molecule has 1 atom stereocenters. The number of aromatic nitrogens is 3. The van der Waals surface area contributed by atoms with Crippen LogP contribution < -0.4 is 11.4 Å². The quantitative estimate of drug-likeness (QED) is 0.459. The maximum Gasteiger partial charge on any atom is 0.352 e. The lowest BCUT2D eigenvalue weighted by molar-refractivity contribution is -0.171. The van der Waals surface area contributed by atoms with Crippen molar-refractivity contribution >= 4 is 11.9 Å². The first-order chi connectivity index (χ1) is 14.9. The molecule has 0 saturated carbocycles. The second kappa shape index (κ2) is 7.42. The van der Waals surface area contributed by atoms with E-state index in [-0.39, 0.29) is 0 Å². The number of esters is 2. The summed E-state index contributed by atoms with van der Waals surface area (Å²) in [6.45, 7) is 1.50. The molecule has 1 unspecified atom stereocenters. The predicted molar refractivity (Wildman–Crippen MR) is 110 cm³/mol. The van der Waals surface area contributed by atoms with Crippen LogP contribution in [0.2, 0.25) is 0 Å². The van der Waals surface area contributed by atoms with Crippen molar-refractivity contribution in [3.05, 3.63) is 86.7 Å². The lowest BCUT2D eigenvalue weighted by Crippen LogP contribution is -2.48. The third-order valence-electron chi connectivity index (χ3n) is 5.68. The van der Waals surface area contributed by atoms with Crippen molar-refractivity contribution in [3.63, 3.8) is 0 Å². The third-order valence-corrected chi connectivity index (χ3v) is 5.68. The Morgan fingerprint density at radius 1 is 0.903 bits per heavy atom. The van der Waals surface area contributed by atoms with E-state index in [4.69, 9.17) is 9.47 Å². The van der Waals surface area contributed by atoms with Gasteiger partial charge in [-0.05, 0) is 24.6 Å². The summed E-state index contributed by atoms with van der Waals surface area (Å²) in [5.74, 6) is -1.77. The predicted octanol–water partition coefficient (Wildman–Crippen LogP) is 1.04. The Bertz CT molecular complexity index is 1250. The van der Waals surface area contributed by atoms with Gasteiger partial charge in [-0.3, -0.25) is 9.59 Å². The highest BCUT2D eigenvalue weighted by molar-refractivity contribution is 6.01. The van der Waals surface area contributed by atoms with Gasteiger partial charge in [0.05, 0.1) is 26.5 Å². The number of methoxy groups -OCH3 is 2. The lowest BCUT2D eigenvalue weighted by atomic mass is 9.77. The number of hydrogen-bond donors (Lipinski definition) is 0. The summed E-state index contributed by atoms with van der Waals surface area (Å²) < 4.78 is 13.2. The van der Waals surface area contributed by atoms with E-state index in [1.54, 1.807) is 54.6 Å². The second-order valence-electron chi connectivity index (χ2n) is 7.41. The maximum absolute atomic E-state index is 13.4. The molecule has 0 amide bonds. The zero-order chi connectivity index (χ0) is 22.3. The van der Waals surface area contributed by atoms with Crippen molar-refractivity contribution < 1.29 is 19.1 Å². The van der Waals surface area contributed by atoms with Gasteiger partial charge in [0.15, 0.2) is 0 Å². The van der Waals surface area contributed by atoms with Gasteiger partial charge in [0.25, 0.3) is 0 Å². The molecule has 1 aliphatic heterocycles. The molecule has 0 aliphatic carbocycles. The minimum absolute atomic E-state index is 0.385. The van der Waals surface area contributed by atoms with Gasteiger partial charge in [-0.25, -0.2) is 23.5 Å². The van der Waals surface area contributed by atoms with Crippen molar-refractivity contribution in [1.82, 2.24) is 13.9 Å². The molecule has 0 radical (unpaired) electrons. The van der Waals surface area contributed by atoms with Crippen LogP contribution in [0, 0.1) is 12.3 Å². The van der Waals surface area contributed by atoms with Crippen LogP contribution >= 0.6 is 0 Å². The van der Waals surface area contributed by atoms with E-state index in [9.17, 15) is 19.2 Å². The SMILES string of the molecule is COC(=O)C1(C(=O)OC)Cn2c(=O)n(-c3ccccc3)c(=O)n2C1c1ccc(C)cc1. The van der Waals surface area contributed by atoms with Crippen LogP contribution in [0.5, 0.6) is 0 Å². The molecular formula is C22H21N3O6. The highest BCUT2D eigenvalue weighted by atomic mass is 16.5. The number of hydrogen-bond acceptors (Lipinski definition) is 6. The number of fused-ring (bicyclic) bond motifs is 1. The molecule has 0 N–H and O–H groups in total. The van der Waals surface area contributed by atoms with Crippen molar-refractivity contribution in [2.45, 2.75) is 19.5 Å². The topological polar surface area (TPSA) is 102 Å². The summed E-state index contributed by atoms with van der Waals surface area (Å²) in [6, 6.07) is 14.4. The highest BCUT2D eigenvalue weighted by Crippen LogP contribution is 2.44. The van der Waals surface area contributed by atoms with Crippen molar-refractivity contribution in [1.29, 1.82) is 0 Å². The highest BCUT2D eigenvalue weighted by Gasteiger charge is 2.62. The molecular weight excluding hydrogens is 402 g/mol. The minimum Gasteiger partial charge on any atom is -0.468 e. The first-order valence-corrected chi connectivity index (χ1v) is 9.60. The molecule has 9 heteroatoms. The minimum atomic E-state index is -1.92. The molecule has 0 bridgehead atoms. The average Bonchev–Trinajstić information content (AvgIpc) is 3.27. The molecule has 0 fully saturated rings. The summed E-state index contributed by atoms with van der Waals surface area (Å²) in [4.78, 5) is 52.6. The van der Waals surface area contributed by atoms with Gasteiger partial charge in [-0.15, -0.1) is 0 Å². The van der Waals surface area contributed by atoms with Gasteiger partial charge in [-0.2, -0.15) is 0 Å². The summed E-state index contributed by atoms with van der Waals surface area (Å²) in [5, 5.41) is 0. The Hall–Kier alpha value is -3.88. The number of ether oxygens (including phenoxy) is 2. The van der Waals surface area contributed by atoms with E-state index in [2.05, 4.69) is 0 Å². The largest absolute Gasteiger partial charge is 0.468 e. The van der Waals surface area contributed by atoms with E-state index in [1.165, 1.54) is 0 Å². The van der Waals surface area contributed by atoms with Gasteiger partial charge in [-0.1, -0.05) is 48.0 Å². The average molecular weight is 423 g/mol. The van der Waals surface area contributed by atoms with E-state index in [1.807, 2.05) is 6.92 Å². The molecule has 31 heavy (non-hydrogen) atoms.